The Morgan fingerprint density at radius 3 is 2.45 bits per heavy atom. The van der Waals surface area contributed by atoms with Crippen LogP contribution in [-0.2, 0) is 16.0 Å². The first-order valence-electron chi connectivity index (χ1n) is 7.88. The molecule has 22 heavy (non-hydrogen) atoms. The highest BCUT2D eigenvalue weighted by molar-refractivity contribution is 5.94. The van der Waals surface area contributed by atoms with Crippen LogP contribution in [0, 0.1) is 5.92 Å². The topological polar surface area (TPSA) is 46.6 Å². The summed E-state index contributed by atoms with van der Waals surface area (Å²) in [5, 5.41) is 0. The Morgan fingerprint density at radius 1 is 1.23 bits per heavy atom. The molecule has 0 aromatic heterocycles. The SMILES string of the molecule is C[C@H]1CC[C@H](Cc2ccccc2)N(C(=O)OC(C)(C)C)C1=O. The molecule has 4 nitrogen and oxygen atoms in total. The average Bonchev–Trinajstić information content (AvgIpc) is 2.42. The molecule has 2 amide bonds. The van der Waals surface area contributed by atoms with Crippen molar-refractivity contribution in [2.75, 3.05) is 0 Å². The quantitative estimate of drug-likeness (QED) is 0.835. The van der Waals surface area contributed by atoms with Gasteiger partial charge in [-0.15, -0.1) is 0 Å². The number of likely N-dealkylation sites (tertiary alicyclic amines) is 1. The largest absolute Gasteiger partial charge is 0.443 e. The number of amides is 2. The minimum Gasteiger partial charge on any atom is -0.443 e. The van der Waals surface area contributed by atoms with Gasteiger partial charge in [-0.1, -0.05) is 37.3 Å². The molecule has 4 heteroatoms. The molecule has 0 bridgehead atoms. The van der Waals surface area contributed by atoms with Crippen LogP contribution in [0.15, 0.2) is 30.3 Å². The third-order valence-electron chi connectivity index (χ3n) is 3.86. The summed E-state index contributed by atoms with van der Waals surface area (Å²) >= 11 is 0. The number of carbonyl (C=O) groups excluding carboxylic acids is 2. The van der Waals surface area contributed by atoms with Crippen molar-refractivity contribution in [1.29, 1.82) is 0 Å². The first kappa shape index (κ1) is 16.5. The lowest BCUT2D eigenvalue weighted by atomic mass is 9.90. The molecule has 0 N–H and O–H groups in total. The highest BCUT2D eigenvalue weighted by Crippen LogP contribution is 2.27. The number of piperidine rings is 1. The summed E-state index contributed by atoms with van der Waals surface area (Å²) in [6.45, 7) is 7.32. The van der Waals surface area contributed by atoms with E-state index in [9.17, 15) is 9.59 Å². The molecule has 1 aliphatic heterocycles. The van der Waals surface area contributed by atoms with Gasteiger partial charge < -0.3 is 4.74 Å². The van der Waals surface area contributed by atoms with Crippen molar-refractivity contribution in [3.8, 4) is 0 Å². The number of benzene rings is 1. The Morgan fingerprint density at radius 2 is 1.86 bits per heavy atom. The van der Waals surface area contributed by atoms with Crippen LogP contribution in [-0.4, -0.2) is 28.5 Å². The Bertz CT molecular complexity index is 533. The zero-order valence-corrected chi connectivity index (χ0v) is 13.8. The summed E-state index contributed by atoms with van der Waals surface area (Å²) in [4.78, 5) is 26.3. The van der Waals surface area contributed by atoms with Crippen LogP contribution in [0.1, 0.15) is 46.1 Å². The fourth-order valence-corrected chi connectivity index (χ4v) is 2.74. The minimum absolute atomic E-state index is 0.124. The first-order valence-corrected chi connectivity index (χ1v) is 7.88. The van der Waals surface area contributed by atoms with Crippen LogP contribution in [0.3, 0.4) is 0 Å². The van der Waals surface area contributed by atoms with Crippen LogP contribution in [0.2, 0.25) is 0 Å². The number of rotatable bonds is 2. The van der Waals surface area contributed by atoms with Crippen LogP contribution in [0.4, 0.5) is 4.79 Å². The lowest BCUT2D eigenvalue weighted by Crippen LogP contribution is -2.52. The molecule has 0 spiro atoms. The van der Waals surface area contributed by atoms with Crippen molar-refractivity contribution >= 4 is 12.0 Å². The van der Waals surface area contributed by atoms with Crippen LogP contribution < -0.4 is 0 Å². The van der Waals surface area contributed by atoms with Crippen molar-refractivity contribution in [3.63, 3.8) is 0 Å². The van der Waals surface area contributed by atoms with Crippen LogP contribution in [0.5, 0.6) is 0 Å². The maximum atomic E-state index is 12.5. The summed E-state index contributed by atoms with van der Waals surface area (Å²) < 4.78 is 5.43. The first-order chi connectivity index (χ1) is 10.3. The molecule has 2 rings (SSSR count). The molecule has 1 aromatic rings. The minimum atomic E-state index is -0.602. The summed E-state index contributed by atoms with van der Waals surface area (Å²) in [5.74, 6) is -0.249. The second-order valence-electron chi connectivity index (χ2n) is 7.01. The van der Waals surface area contributed by atoms with E-state index in [0.29, 0.717) is 6.42 Å². The van der Waals surface area contributed by atoms with E-state index in [-0.39, 0.29) is 17.9 Å². The lowest BCUT2D eigenvalue weighted by molar-refractivity contribution is -0.139. The molecule has 0 aliphatic carbocycles. The van der Waals surface area contributed by atoms with Gasteiger partial charge in [0.2, 0.25) is 5.91 Å². The van der Waals surface area contributed by atoms with E-state index in [1.165, 1.54) is 4.90 Å². The van der Waals surface area contributed by atoms with Crippen LogP contribution >= 0.6 is 0 Å². The van der Waals surface area contributed by atoms with E-state index in [0.717, 1.165) is 18.4 Å². The summed E-state index contributed by atoms with van der Waals surface area (Å²) in [7, 11) is 0. The highest BCUT2D eigenvalue weighted by atomic mass is 16.6. The molecule has 1 heterocycles. The number of nitrogens with zero attached hydrogens (tertiary/aromatic N) is 1. The van der Waals surface area contributed by atoms with Gasteiger partial charge in [0.15, 0.2) is 0 Å². The molecule has 0 saturated carbocycles. The van der Waals surface area contributed by atoms with E-state index in [1.54, 1.807) is 0 Å². The summed E-state index contributed by atoms with van der Waals surface area (Å²) in [5.41, 5.74) is 0.526. The molecule has 1 aromatic carbocycles. The van der Waals surface area contributed by atoms with Crippen molar-refractivity contribution in [2.45, 2.75) is 58.6 Å². The van der Waals surface area contributed by atoms with Gasteiger partial charge in [-0.3, -0.25) is 4.79 Å². The predicted molar refractivity (Wildman–Crippen MR) is 85.4 cm³/mol. The average molecular weight is 303 g/mol. The van der Waals surface area contributed by atoms with E-state index >= 15 is 0 Å². The Kier molecular flexibility index (Phi) is 4.89. The Labute approximate surface area is 132 Å². The molecule has 0 radical (unpaired) electrons. The van der Waals surface area contributed by atoms with E-state index in [2.05, 4.69) is 0 Å². The maximum absolute atomic E-state index is 12.5. The molecule has 1 fully saturated rings. The molecule has 1 aliphatic rings. The normalized spacial score (nSPS) is 22.5. The zero-order valence-electron chi connectivity index (χ0n) is 13.8. The van der Waals surface area contributed by atoms with Crippen molar-refractivity contribution in [1.82, 2.24) is 4.90 Å². The summed E-state index contributed by atoms with van der Waals surface area (Å²) in [6.07, 6.45) is 1.79. The monoisotopic (exact) mass is 303 g/mol. The van der Waals surface area contributed by atoms with Gasteiger partial charge in [0.25, 0.3) is 0 Å². The third kappa shape index (κ3) is 4.09. The van der Waals surface area contributed by atoms with Gasteiger partial charge in [-0.05, 0) is 45.6 Å². The van der Waals surface area contributed by atoms with Crippen LogP contribution in [0.25, 0.3) is 0 Å². The maximum Gasteiger partial charge on any atom is 0.417 e. The van der Waals surface area contributed by atoms with Gasteiger partial charge in [0.05, 0.1) is 0 Å². The van der Waals surface area contributed by atoms with E-state index in [1.807, 2.05) is 58.0 Å². The van der Waals surface area contributed by atoms with E-state index < -0.39 is 11.7 Å². The van der Waals surface area contributed by atoms with Gasteiger partial charge in [0, 0.05) is 12.0 Å². The number of hydrogen-bond acceptors (Lipinski definition) is 3. The van der Waals surface area contributed by atoms with Crippen molar-refractivity contribution in [3.05, 3.63) is 35.9 Å². The number of hydrogen-bond donors (Lipinski definition) is 0. The van der Waals surface area contributed by atoms with Gasteiger partial charge in [0.1, 0.15) is 5.60 Å². The molecular formula is C18H25NO3. The van der Waals surface area contributed by atoms with Crippen molar-refractivity contribution < 1.29 is 14.3 Å². The summed E-state index contributed by atoms with van der Waals surface area (Å²) in [6, 6.07) is 9.83. The Hall–Kier alpha value is -1.84. The van der Waals surface area contributed by atoms with Gasteiger partial charge >= 0.3 is 6.09 Å². The second-order valence-corrected chi connectivity index (χ2v) is 7.01. The fraction of sp³-hybridized carbons (Fsp3) is 0.556. The van der Waals surface area contributed by atoms with E-state index in [4.69, 9.17) is 4.74 Å². The molecule has 2 atom stereocenters. The number of carbonyl (C=O) groups is 2. The third-order valence-corrected chi connectivity index (χ3v) is 3.86. The molecular weight excluding hydrogens is 278 g/mol. The lowest BCUT2D eigenvalue weighted by Gasteiger charge is -2.37. The smallest absolute Gasteiger partial charge is 0.417 e. The standard InChI is InChI=1S/C18H25NO3/c1-13-10-11-15(12-14-8-6-5-7-9-14)19(16(13)20)17(21)22-18(2,3)4/h5-9,13,15H,10-12H2,1-4H3/t13-,15+/m0/s1. The van der Waals surface area contributed by atoms with Gasteiger partial charge in [-0.25, -0.2) is 9.69 Å². The molecule has 120 valence electrons. The number of imide groups is 1. The zero-order chi connectivity index (χ0) is 16.3. The second kappa shape index (κ2) is 6.51. The van der Waals surface area contributed by atoms with Crippen molar-refractivity contribution in [2.24, 2.45) is 5.92 Å². The fourth-order valence-electron chi connectivity index (χ4n) is 2.74. The Balaban J connectivity index is 2.18. The highest BCUT2D eigenvalue weighted by Gasteiger charge is 2.39. The van der Waals surface area contributed by atoms with Gasteiger partial charge in [-0.2, -0.15) is 0 Å². The molecule has 0 unspecified atom stereocenters. The predicted octanol–water partition coefficient (Wildman–Crippen LogP) is 3.79. The molecule has 1 saturated heterocycles. The number of ether oxygens (including phenoxy) is 1.